The molecular formula is C12H12FNO3. The van der Waals surface area contributed by atoms with Gasteiger partial charge in [0.15, 0.2) is 0 Å². The molecule has 1 aliphatic rings. The van der Waals surface area contributed by atoms with Crippen LogP contribution in [0.3, 0.4) is 0 Å². The Morgan fingerprint density at radius 1 is 1.53 bits per heavy atom. The summed E-state index contributed by atoms with van der Waals surface area (Å²) in [5, 5.41) is 2.59. The van der Waals surface area contributed by atoms with E-state index in [-0.39, 0.29) is 17.6 Å². The molecule has 2 atom stereocenters. The molecule has 0 radical (unpaired) electrons. The van der Waals surface area contributed by atoms with Gasteiger partial charge >= 0.3 is 5.97 Å². The van der Waals surface area contributed by atoms with Gasteiger partial charge in [-0.25, -0.2) is 4.39 Å². The van der Waals surface area contributed by atoms with Crippen molar-refractivity contribution in [2.45, 2.75) is 5.92 Å². The zero-order chi connectivity index (χ0) is 12.4. The molecule has 1 heterocycles. The zero-order valence-corrected chi connectivity index (χ0v) is 9.27. The summed E-state index contributed by atoms with van der Waals surface area (Å²) in [6.07, 6.45) is 0. The summed E-state index contributed by atoms with van der Waals surface area (Å²) in [7, 11) is 1.23. The molecule has 0 aliphatic carbocycles. The maximum atomic E-state index is 13.1. The normalized spacial score (nSPS) is 23.3. The zero-order valence-electron chi connectivity index (χ0n) is 9.27. The van der Waals surface area contributed by atoms with E-state index in [1.165, 1.54) is 19.2 Å². The third-order valence-corrected chi connectivity index (χ3v) is 2.91. The lowest BCUT2D eigenvalue weighted by molar-refractivity contribution is -0.149. The molecule has 0 spiro atoms. The molecule has 1 N–H and O–H groups in total. The minimum absolute atomic E-state index is 0.321. The third kappa shape index (κ3) is 2.13. The van der Waals surface area contributed by atoms with Crippen LogP contribution < -0.4 is 5.32 Å². The van der Waals surface area contributed by atoms with E-state index in [9.17, 15) is 14.0 Å². The summed E-state index contributed by atoms with van der Waals surface area (Å²) in [6.45, 7) is 0.321. The molecule has 1 amide bonds. The highest BCUT2D eigenvalue weighted by Crippen LogP contribution is 2.30. The minimum atomic E-state index is -0.887. The van der Waals surface area contributed by atoms with Gasteiger partial charge in [-0.05, 0) is 17.7 Å². The van der Waals surface area contributed by atoms with Crippen LogP contribution in [0, 0.1) is 11.7 Å². The molecule has 0 aromatic heterocycles. The molecule has 17 heavy (non-hydrogen) atoms. The Hall–Kier alpha value is -1.91. The van der Waals surface area contributed by atoms with Crippen LogP contribution in [0.2, 0.25) is 0 Å². The second kappa shape index (κ2) is 4.53. The minimum Gasteiger partial charge on any atom is -0.468 e. The van der Waals surface area contributed by atoms with Gasteiger partial charge in [-0.3, -0.25) is 9.59 Å². The van der Waals surface area contributed by atoms with Crippen molar-refractivity contribution in [3.63, 3.8) is 0 Å². The summed E-state index contributed by atoms with van der Waals surface area (Å²) in [5.41, 5.74) is 0.624. The van der Waals surface area contributed by atoms with Crippen molar-refractivity contribution in [2.24, 2.45) is 5.92 Å². The van der Waals surface area contributed by atoms with Crippen molar-refractivity contribution in [1.82, 2.24) is 5.32 Å². The SMILES string of the molecule is COC(=O)C1C(=O)NCC1c1cccc(F)c1. The van der Waals surface area contributed by atoms with Gasteiger partial charge in [0, 0.05) is 12.5 Å². The number of carbonyl (C=O) groups is 2. The largest absolute Gasteiger partial charge is 0.468 e. The Kier molecular flexibility index (Phi) is 3.08. The quantitative estimate of drug-likeness (QED) is 0.612. The highest BCUT2D eigenvalue weighted by atomic mass is 19.1. The predicted molar refractivity (Wildman–Crippen MR) is 57.7 cm³/mol. The molecule has 1 saturated heterocycles. The monoisotopic (exact) mass is 237 g/mol. The summed E-state index contributed by atoms with van der Waals surface area (Å²) < 4.78 is 17.7. The van der Waals surface area contributed by atoms with Gasteiger partial charge in [-0.2, -0.15) is 0 Å². The number of hydrogen-bond donors (Lipinski definition) is 1. The van der Waals surface area contributed by atoms with E-state index in [0.717, 1.165) is 0 Å². The molecule has 1 aromatic carbocycles. The van der Waals surface area contributed by atoms with E-state index < -0.39 is 11.9 Å². The number of benzene rings is 1. The number of hydrogen-bond acceptors (Lipinski definition) is 3. The topological polar surface area (TPSA) is 55.4 Å². The van der Waals surface area contributed by atoms with Gasteiger partial charge in [0.25, 0.3) is 0 Å². The number of amides is 1. The van der Waals surface area contributed by atoms with Crippen LogP contribution in [-0.2, 0) is 14.3 Å². The first kappa shape index (κ1) is 11.6. The van der Waals surface area contributed by atoms with E-state index in [1.54, 1.807) is 12.1 Å². The Balaban J connectivity index is 2.31. The average Bonchev–Trinajstić information content (AvgIpc) is 2.70. The molecule has 0 saturated carbocycles. The maximum absolute atomic E-state index is 13.1. The number of rotatable bonds is 2. The lowest BCUT2D eigenvalue weighted by Crippen LogP contribution is -2.28. The number of halogens is 1. The van der Waals surface area contributed by atoms with E-state index in [2.05, 4.69) is 10.1 Å². The van der Waals surface area contributed by atoms with E-state index in [4.69, 9.17) is 0 Å². The fraction of sp³-hybridized carbons (Fsp3) is 0.333. The molecule has 1 fully saturated rings. The van der Waals surface area contributed by atoms with E-state index in [0.29, 0.717) is 12.1 Å². The Bertz CT molecular complexity index is 461. The third-order valence-electron chi connectivity index (χ3n) is 2.91. The number of methoxy groups -OCH3 is 1. The standard InChI is InChI=1S/C12H12FNO3/c1-17-12(16)10-9(6-14-11(10)15)7-3-2-4-8(13)5-7/h2-5,9-10H,6H2,1H3,(H,14,15). The first-order chi connectivity index (χ1) is 8.13. The van der Waals surface area contributed by atoms with Crippen molar-refractivity contribution in [3.8, 4) is 0 Å². The molecule has 1 aromatic rings. The molecule has 2 rings (SSSR count). The lowest BCUT2D eigenvalue weighted by atomic mass is 9.88. The van der Waals surface area contributed by atoms with Gasteiger partial charge in [0.2, 0.25) is 5.91 Å². The Morgan fingerprint density at radius 3 is 2.94 bits per heavy atom. The fourth-order valence-corrected chi connectivity index (χ4v) is 2.07. The Morgan fingerprint density at radius 2 is 2.29 bits per heavy atom. The molecule has 4 nitrogen and oxygen atoms in total. The summed E-state index contributed by atoms with van der Waals surface area (Å²) in [6, 6.07) is 5.91. The summed E-state index contributed by atoms with van der Waals surface area (Å²) in [4.78, 5) is 23.1. The van der Waals surface area contributed by atoms with E-state index in [1.807, 2.05) is 0 Å². The van der Waals surface area contributed by atoms with Crippen LogP contribution in [0.1, 0.15) is 11.5 Å². The lowest BCUT2D eigenvalue weighted by Gasteiger charge is -2.14. The summed E-state index contributed by atoms with van der Waals surface area (Å²) in [5.74, 6) is -2.60. The van der Waals surface area contributed by atoms with Crippen molar-refractivity contribution in [1.29, 1.82) is 0 Å². The number of carbonyl (C=O) groups excluding carboxylic acids is 2. The van der Waals surface area contributed by atoms with Gasteiger partial charge < -0.3 is 10.1 Å². The summed E-state index contributed by atoms with van der Waals surface area (Å²) >= 11 is 0. The fourth-order valence-electron chi connectivity index (χ4n) is 2.07. The van der Waals surface area contributed by atoms with Gasteiger partial charge in [0.05, 0.1) is 7.11 Å². The van der Waals surface area contributed by atoms with Gasteiger partial charge in [0.1, 0.15) is 11.7 Å². The molecule has 2 unspecified atom stereocenters. The second-order valence-electron chi connectivity index (χ2n) is 3.91. The van der Waals surface area contributed by atoms with Crippen LogP contribution in [0.25, 0.3) is 0 Å². The van der Waals surface area contributed by atoms with Crippen LogP contribution in [0.4, 0.5) is 4.39 Å². The molecule has 5 heteroatoms. The van der Waals surface area contributed by atoms with Crippen LogP contribution in [-0.4, -0.2) is 25.5 Å². The van der Waals surface area contributed by atoms with Crippen molar-refractivity contribution < 1.29 is 18.7 Å². The van der Waals surface area contributed by atoms with Crippen molar-refractivity contribution in [2.75, 3.05) is 13.7 Å². The molecule has 0 bridgehead atoms. The smallest absolute Gasteiger partial charge is 0.318 e. The number of nitrogens with one attached hydrogen (secondary N) is 1. The highest BCUT2D eigenvalue weighted by Gasteiger charge is 2.41. The Labute approximate surface area is 97.8 Å². The number of ether oxygens (including phenoxy) is 1. The van der Waals surface area contributed by atoms with Gasteiger partial charge in [-0.15, -0.1) is 0 Å². The van der Waals surface area contributed by atoms with Crippen LogP contribution >= 0.6 is 0 Å². The highest BCUT2D eigenvalue weighted by molar-refractivity contribution is 6.00. The number of esters is 1. The van der Waals surface area contributed by atoms with Crippen molar-refractivity contribution in [3.05, 3.63) is 35.6 Å². The van der Waals surface area contributed by atoms with E-state index >= 15 is 0 Å². The van der Waals surface area contributed by atoms with Crippen LogP contribution in [0.15, 0.2) is 24.3 Å². The second-order valence-corrected chi connectivity index (χ2v) is 3.91. The van der Waals surface area contributed by atoms with Crippen molar-refractivity contribution >= 4 is 11.9 Å². The molecular weight excluding hydrogens is 225 g/mol. The van der Waals surface area contributed by atoms with Gasteiger partial charge in [-0.1, -0.05) is 12.1 Å². The molecule has 1 aliphatic heterocycles. The maximum Gasteiger partial charge on any atom is 0.318 e. The van der Waals surface area contributed by atoms with Crippen LogP contribution in [0.5, 0.6) is 0 Å². The predicted octanol–water partition coefficient (Wildman–Crippen LogP) is 0.828. The molecule has 90 valence electrons. The first-order valence-corrected chi connectivity index (χ1v) is 5.24. The average molecular weight is 237 g/mol. The first-order valence-electron chi connectivity index (χ1n) is 5.24.